The zero-order valence-corrected chi connectivity index (χ0v) is 16.6. The van der Waals surface area contributed by atoms with Crippen molar-refractivity contribution in [3.05, 3.63) is 45.8 Å². The summed E-state index contributed by atoms with van der Waals surface area (Å²) in [6.45, 7) is 6.96. The van der Waals surface area contributed by atoms with Crippen LogP contribution in [0, 0.1) is 11.3 Å². The highest BCUT2D eigenvalue weighted by Crippen LogP contribution is 2.46. The number of amides is 1. The third-order valence-corrected chi connectivity index (χ3v) is 6.90. The molecule has 0 bridgehead atoms. The first-order chi connectivity index (χ1) is 12.4. The van der Waals surface area contributed by atoms with Crippen molar-refractivity contribution < 1.29 is 9.53 Å². The van der Waals surface area contributed by atoms with Crippen molar-refractivity contribution in [1.29, 1.82) is 0 Å². The number of nitrogens with one attached hydrogen (secondary N) is 2. The summed E-state index contributed by atoms with van der Waals surface area (Å²) in [5, 5.41) is 7.68. The molecule has 2 N–H and O–H groups in total. The molecule has 0 saturated heterocycles. The first-order valence-corrected chi connectivity index (χ1v) is 10.0. The van der Waals surface area contributed by atoms with E-state index in [2.05, 4.69) is 31.4 Å². The van der Waals surface area contributed by atoms with Gasteiger partial charge in [-0.25, -0.2) is 0 Å². The number of fused-ring (bicyclic) bond motifs is 3. The maximum absolute atomic E-state index is 12.8. The molecule has 2 aliphatic rings. The van der Waals surface area contributed by atoms with Crippen molar-refractivity contribution in [3.63, 3.8) is 0 Å². The molecule has 26 heavy (non-hydrogen) atoms. The maximum Gasteiger partial charge on any atom is 0.256 e. The van der Waals surface area contributed by atoms with E-state index in [0.29, 0.717) is 11.3 Å². The second-order valence-electron chi connectivity index (χ2n) is 8.34. The molecule has 0 radical (unpaired) electrons. The van der Waals surface area contributed by atoms with Crippen LogP contribution in [-0.4, -0.2) is 13.0 Å². The highest BCUT2D eigenvalue weighted by Gasteiger charge is 2.36. The summed E-state index contributed by atoms with van der Waals surface area (Å²) in [5.74, 6) is 1.54. The number of hydrogen-bond donors (Lipinski definition) is 2. The molecule has 0 unspecified atom stereocenters. The molecule has 0 spiro atoms. The molecule has 0 saturated carbocycles. The lowest BCUT2D eigenvalue weighted by molar-refractivity contribution is 0.0935. The van der Waals surface area contributed by atoms with Gasteiger partial charge < -0.3 is 15.4 Å². The van der Waals surface area contributed by atoms with Gasteiger partial charge in [-0.05, 0) is 53.9 Å². The normalized spacial score (nSPS) is 22.1. The Morgan fingerprint density at radius 2 is 1.88 bits per heavy atom. The van der Waals surface area contributed by atoms with E-state index in [1.807, 2.05) is 24.3 Å². The van der Waals surface area contributed by atoms with Gasteiger partial charge in [0.05, 0.1) is 12.7 Å². The van der Waals surface area contributed by atoms with Crippen LogP contribution in [0.2, 0.25) is 0 Å². The van der Waals surface area contributed by atoms with E-state index in [9.17, 15) is 4.79 Å². The van der Waals surface area contributed by atoms with Crippen molar-refractivity contribution in [1.82, 2.24) is 5.32 Å². The van der Waals surface area contributed by atoms with Crippen LogP contribution in [0.5, 0.6) is 5.75 Å². The van der Waals surface area contributed by atoms with E-state index >= 15 is 0 Å². The molecule has 1 aromatic heterocycles. The van der Waals surface area contributed by atoms with Crippen LogP contribution < -0.4 is 15.4 Å². The summed E-state index contributed by atoms with van der Waals surface area (Å²) < 4.78 is 5.22. The Labute approximate surface area is 159 Å². The van der Waals surface area contributed by atoms with Gasteiger partial charge in [0.25, 0.3) is 5.91 Å². The van der Waals surface area contributed by atoms with Crippen LogP contribution in [0.25, 0.3) is 0 Å². The lowest BCUT2D eigenvalue weighted by atomic mass is 9.72. The van der Waals surface area contributed by atoms with Gasteiger partial charge in [0.15, 0.2) is 0 Å². The summed E-state index contributed by atoms with van der Waals surface area (Å²) in [6.07, 6.45) is 3.05. The summed E-state index contributed by atoms with van der Waals surface area (Å²) in [4.78, 5) is 14.2. The molecule has 1 amide bonds. The van der Waals surface area contributed by atoms with E-state index in [-0.39, 0.29) is 12.1 Å². The third kappa shape index (κ3) is 2.98. The van der Waals surface area contributed by atoms with Gasteiger partial charge in [0.2, 0.25) is 0 Å². The third-order valence-electron chi connectivity index (χ3n) is 5.72. The second kappa shape index (κ2) is 6.31. The first kappa shape index (κ1) is 17.4. The zero-order chi connectivity index (χ0) is 18.5. The minimum atomic E-state index is -0.195. The molecule has 4 nitrogen and oxygen atoms in total. The number of ether oxygens (including phenoxy) is 1. The average Bonchev–Trinajstić information content (AvgIpc) is 2.99. The monoisotopic (exact) mass is 370 g/mol. The molecule has 2 atom stereocenters. The molecular formula is C21H26N2O2S. The van der Waals surface area contributed by atoms with Gasteiger partial charge in [-0.2, -0.15) is 0 Å². The molecule has 1 aliphatic carbocycles. The van der Waals surface area contributed by atoms with Gasteiger partial charge in [0.1, 0.15) is 16.9 Å². The number of carbonyl (C=O) groups is 1. The fourth-order valence-corrected chi connectivity index (χ4v) is 5.35. The minimum Gasteiger partial charge on any atom is -0.497 e. The molecule has 1 aromatic carbocycles. The van der Waals surface area contributed by atoms with Crippen LogP contribution in [0.15, 0.2) is 24.3 Å². The van der Waals surface area contributed by atoms with Gasteiger partial charge in [-0.1, -0.05) is 32.9 Å². The smallest absolute Gasteiger partial charge is 0.256 e. The van der Waals surface area contributed by atoms with Crippen LogP contribution in [-0.2, 0) is 12.8 Å². The van der Waals surface area contributed by atoms with Crippen LogP contribution >= 0.6 is 11.3 Å². The number of hydrogen-bond acceptors (Lipinski definition) is 4. The van der Waals surface area contributed by atoms with Gasteiger partial charge in [-0.15, -0.1) is 11.3 Å². The molecule has 0 fully saturated rings. The van der Waals surface area contributed by atoms with Crippen molar-refractivity contribution >= 4 is 22.2 Å². The van der Waals surface area contributed by atoms with Crippen LogP contribution in [0.1, 0.15) is 59.7 Å². The Kier molecular flexibility index (Phi) is 4.22. The predicted molar refractivity (Wildman–Crippen MR) is 106 cm³/mol. The summed E-state index contributed by atoms with van der Waals surface area (Å²) in [6, 6.07) is 7.83. The van der Waals surface area contributed by atoms with Crippen LogP contribution in [0.3, 0.4) is 0 Å². The Hall–Kier alpha value is -2.01. The lowest BCUT2D eigenvalue weighted by Crippen LogP contribution is -2.38. The standard InChI is InChI=1S/C21H26N2O2S/c1-21(2,3)13-7-10-15-16(11-13)26-20-17(15)19(24)22-18(23-20)12-5-8-14(25-4)9-6-12/h5-6,8-9,13,18,23H,7,10-11H2,1-4H3,(H,22,24)/t13-,18+/m1/s1. The largest absolute Gasteiger partial charge is 0.497 e. The Morgan fingerprint density at radius 3 is 2.54 bits per heavy atom. The summed E-state index contributed by atoms with van der Waals surface area (Å²) in [5.41, 5.74) is 3.48. The Bertz CT molecular complexity index is 833. The van der Waals surface area contributed by atoms with Gasteiger partial charge in [0, 0.05) is 4.88 Å². The lowest BCUT2D eigenvalue weighted by Gasteiger charge is -2.34. The second-order valence-corrected chi connectivity index (χ2v) is 9.44. The summed E-state index contributed by atoms with van der Waals surface area (Å²) in [7, 11) is 1.66. The SMILES string of the molecule is COc1ccc([C@H]2NC(=O)c3c(sc4c3CC[C@@H](C(C)(C)C)C4)N2)cc1. The molecular weight excluding hydrogens is 344 g/mol. The van der Waals surface area contributed by atoms with E-state index in [0.717, 1.165) is 41.1 Å². The number of methoxy groups -OCH3 is 1. The molecule has 1 aliphatic heterocycles. The molecule has 2 heterocycles. The van der Waals surface area contributed by atoms with E-state index in [1.54, 1.807) is 18.4 Å². The van der Waals surface area contributed by atoms with E-state index < -0.39 is 0 Å². The minimum absolute atomic E-state index is 0.0475. The van der Waals surface area contributed by atoms with Gasteiger partial charge >= 0.3 is 0 Å². The quantitative estimate of drug-likeness (QED) is 0.801. The predicted octanol–water partition coefficient (Wildman–Crippen LogP) is 4.76. The topological polar surface area (TPSA) is 50.4 Å². The van der Waals surface area contributed by atoms with E-state index in [1.165, 1.54) is 10.4 Å². The molecule has 138 valence electrons. The summed E-state index contributed by atoms with van der Waals surface area (Å²) >= 11 is 1.77. The average molecular weight is 371 g/mol. The van der Waals surface area contributed by atoms with Crippen molar-refractivity contribution in [2.45, 2.75) is 46.2 Å². The fourth-order valence-electron chi connectivity index (χ4n) is 4.00. The Morgan fingerprint density at radius 1 is 1.15 bits per heavy atom. The van der Waals surface area contributed by atoms with Crippen molar-refractivity contribution in [2.24, 2.45) is 11.3 Å². The number of anilines is 1. The molecule has 5 heteroatoms. The molecule has 4 rings (SSSR count). The number of carbonyl (C=O) groups excluding carboxylic acids is 1. The van der Waals surface area contributed by atoms with Gasteiger partial charge in [-0.3, -0.25) is 4.79 Å². The highest BCUT2D eigenvalue weighted by molar-refractivity contribution is 7.16. The fraction of sp³-hybridized carbons (Fsp3) is 0.476. The Balaban J connectivity index is 1.62. The maximum atomic E-state index is 12.8. The highest BCUT2D eigenvalue weighted by atomic mass is 32.1. The van der Waals surface area contributed by atoms with E-state index in [4.69, 9.17) is 4.74 Å². The molecule has 2 aromatic rings. The first-order valence-electron chi connectivity index (χ1n) is 9.22. The number of thiophene rings is 1. The van der Waals surface area contributed by atoms with Crippen LogP contribution in [0.4, 0.5) is 5.00 Å². The van der Waals surface area contributed by atoms with Crippen molar-refractivity contribution in [3.8, 4) is 5.75 Å². The number of rotatable bonds is 2. The van der Waals surface area contributed by atoms with Crippen molar-refractivity contribution in [2.75, 3.05) is 12.4 Å². The zero-order valence-electron chi connectivity index (χ0n) is 15.8. The number of benzene rings is 1.